The molecule has 0 bridgehead atoms. The van der Waals surface area contributed by atoms with Gasteiger partial charge in [-0.3, -0.25) is 0 Å². The van der Waals surface area contributed by atoms with Gasteiger partial charge < -0.3 is 10.5 Å². The molecule has 0 saturated heterocycles. The molecule has 3 heteroatoms. The fourth-order valence-electron chi connectivity index (χ4n) is 0.863. The number of nitrogen functional groups attached to an aromatic ring is 1. The fourth-order valence-corrected chi connectivity index (χ4v) is 1.06. The van der Waals surface area contributed by atoms with Crippen LogP contribution in [0.15, 0.2) is 18.2 Å². The molecule has 1 aromatic rings. The van der Waals surface area contributed by atoms with E-state index in [4.69, 9.17) is 22.1 Å². The summed E-state index contributed by atoms with van der Waals surface area (Å²) in [6.45, 7) is 0.506. The Labute approximate surface area is 70.9 Å². The Morgan fingerprint density at radius 3 is 2.91 bits per heavy atom. The van der Waals surface area contributed by atoms with Gasteiger partial charge in [-0.05, 0) is 6.07 Å². The van der Waals surface area contributed by atoms with Gasteiger partial charge in [0.05, 0.1) is 17.3 Å². The molecule has 60 valence electrons. The summed E-state index contributed by atoms with van der Waals surface area (Å²) < 4.78 is 4.93. The average Bonchev–Trinajstić information content (AvgIpc) is 1.99. The Balaban J connectivity index is 2.96. The van der Waals surface area contributed by atoms with Gasteiger partial charge in [0.2, 0.25) is 0 Å². The summed E-state index contributed by atoms with van der Waals surface area (Å²) in [6.07, 6.45) is 0. The van der Waals surface area contributed by atoms with E-state index in [-0.39, 0.29) is 0 Å². The number of hydrogen-bond acceptors (Lipinski definition) is 2. The van der Waals surface area contributed by atoms with Gasteiger partial charge in [-0.1, -0.05) is 23.7 Å². The molecule has 0 radical (unpaired) electrons. The molecule has 0 aliphatic heterocycles. The molecule has 0 atom stereocenters. The molecule has 11 heavy (non-hydrogen) atoms. The van der Waals surface area contributed by atoms with E-state index in [0.29, 0.717) is 17.3 Å². The number of rotatable bonds is 2. The minimum absolute atomic E-state index is 0.506. The first-order valence-corrected chi connectivity index (χ1v) is 3.65. The van der Waals surface area contributed by atoms with Crippen molar-refractivity contribution in [2.24, 2.45) is 0 Å². The van der Waals surface area contributed by atoms with Crippen LogP contribution in [0.5, 0.6) is 0 Å². The van der Waals surface area contributed by atoms with Crippen molar-refractivity contribution in [3.05, 3.63) is 28.8 Å². The molecule has 0 unspecified atom stereocenters. The maximum absolute atomic E-state index is 5.77. The van der Waals surface area contributed by atoms with Crippen LogP contribution < -0.4 is 5.73 Å². The van der Waals surface area contributed by atoms with Gasteiger partial charge in [-0.2, -0.15) is 0 Å². The number of halogens is 1. The van der Waals surface area contributed by atoms with Crippen molar-refractivity contribution >= 4 is 17.3 Å². The van der Waals surface area contributed by atoms with Gasteiger partial charge in [0.15, 0.2) is 0 Å². The first kappa shape index (κ1) is 8.37. The minimum atomic E-state index is 0.506. The van der Waals surface area contributed by atoms with E-state index < -0.39 is 0 Å². The smallest absolute Gasteiger partial charge is 0.0733 e. The van der Waals surface area contributed by atoms with E-state index in [2.05, 4.69) is 0 Å². The molecule has 2 nitrogen and oxygen atoms in total. The van der Waals surface area contributed by atoms with E-state index >= 15 is 0 Å². The van der Waals surface area contributed by atoms with Crippen molar-refractivity contribution in [3.8, 4) is 0 Å². The van der Waals surface area contributed by atoms with Gasteiger partial charge in [-0.15, -0.1) is 0 Å². The van der Waals surface area contributed by atoms with Crippen LogP contribution in [0.1, 0.15) is 5.56 Å². The third kappa shape index (κ3) is 1.85. The number of benzene rings is 1. The lowest BCUT2D eigenvalue weighted by Gasteiger charge is -2.04. The predicted octanol–water partition coefficient (Wildman–Crippen LogP) is 2.07. The molecule has 0 fully saturated rings. The summed E-state index contributed by atoms with van der Waals surface area (Å²) in [5, 5.41) is 0.583. The topological polar surface area (TPSA) is 35.2 Å². The van der Waals surface area contributed by atoms with Crippen molar-refractivity contribution in [1.82, 2.24) is 0 Å². The summed E-state index contributed by atoms with van der Waals surface area (Å²) in [7, 11) is 1.63. The lowest BCUT2D eigenvalue weighted by Crippen LogP contribution is -1.95. The lowest BCUT2D eigenvalue weighted by molar-refractivity contribution is 0.185. The van der Waals surface area contributed by atoms with Crippen LogP contribution in [0.3, 0.4) is 0 Å². The zero-order chi connectivity index (χ0) is 8.27. The van der Waals surface area contributed by atoms with Gasteiger partial charge in [0.25, 0.3) is 0 Å². The molecule has 1 rings (SSSR count). The summed E-state index contributed by atoms with van der Waals surface area (Å²) in [5.41, 5.74) is 7.19. The lowest BCUT2D eigenvalue weighted by atomic mass is 10.2. The highest BCUT2D eigenvalue weighted by Gasteiger charge is 2.00. The summed E-state index contributed by atoms with van der Waals surface area (Å²) >= 11 is 5.77. The van der Waals surface area contributed by atoms with E-state index in [1.807, 2.05) is 12.1 Å². The predicted molar refractivity (Wildman–Crippen MR) is 46.6 cm³/mol. The molecular formula is C8H10ClNO. The van der Waals surface area contributed by atoms with Crippen LogP contribution in [0, 0.1) is 0 Å². The quantitative estimate of drug-likeness (QED) is 0.692. The van der Waals surface area contributed by atoms with Crippen molar-refractivity contribution in [2.45, 2.75) is 6.61 Å². The highest BCUT2D eigenvalue weighted by atomic mass is 35.5. The molecule has 1 aromatic carbocycles. The Morgan fingerprint density at radius 1 is 1.55 bits per heavy atom. The summed E-state index contributed by atoms with van der Waals surface area (Å²) in [4.78, 5) is 0. The Morgan fingerprint density at radius 2 is 2.27 bits per heavy atom. The monoisotopic (exact) mass is 171 g/mol. The SMILES string of the molecule is COCc1cccc(Cl)c1N. The zero-order valence-corrected chi connectivity index (χ0v) is 7.06. The maximum Gasteiger partial charge on any atom is 0.0733 e. The van der Waals surface area contributed by atoms with Crippen molar-refractivity contribution < 1.29 is 4.74 Å². The number of para-hydroxylation sites is 1. The fraction of sp³-hybridized carbons (Fsp3) is 0.250. The molecule has 2 N–H and O–H groups in total. The molecule has 0 aliphatic carbocycles. The third-order valence-corrected chi connectivity index (χ3v) is 1.77. The molecule has 0 heterocycles. The van der Waals surface area contributed by atoms with Gasteiger partial charge >= 0.3 is 0 Å². The van der Waals surface area contributed by atoms with E-state index in [1.54, 1.807) is 13.2 Å². The second-order valence-electron chi connectivity index (χ2n) is 2.25. The largest absolute Gasteiger partial charge is 0.397 e. The van der Waals surface area contributed by atoms with Crippen LogP contribution in [0.25, 0.3) is 0 Å². The number of hydrogen-bond donors (Lipinski definition) is 1. The summed E-state index contributed by atoms with van der Waals surface area (Å²) in [5.74, 6) is 0. The second kappa shape index (κ2) is 3.60. The number of ether oxygens (including phenoxy) is 1. The highest BCUT2D eigenvalue weighted by Crippen LogP contribution is 2.22. The van der Waals surface area contributed by atoms with Crippen LogP contribution in [0.4, 0.5) is 5.69 Å². The highest BCUT2D eigenvalue weighted by molar-refractivity contribution is 6.33. The average molecular weight is 172 g/mol. The van der Waals surface area contributed by atoms with Gasteiger partial charge in [0, 0.05) is 12.7 Å². The van der Waals surface area contributed by atoms with Crippen molar-refractivity contribution in [2.75, 3.05) is 12.8 Å². The molecule has 0 saturated carbocycles. The van der Waals surface area contributed by atoms with Gasteiger partial charge in [-0.25, -0.2) is 0 Å². The first-order valence-electron chi connectivity index (χ1n) is 3.27. The molecular weight excluding hydrogens is 162 g/mol. The van der Waals surface area contributed by atoms with Crippen LogP contribution in [-0.2, 0) is 11.3 Å². The number of anilines is 1. The maximum atomic E-state index is 5.77. The number of nitrogens with two attached hydrogens (primary N) is 1. The second-order valence-corrected chi connectivity index (χ2v) is 2.65. The zero-order valence-electron chi connectivity index (χ0n) is 6.30. The van der Waals surface area contributed by atoms with Gasteiger partial charge in [0.1, 0.15) is 0 Å². The first-order chi connectivity index (χ1) is 5.25. The Kier molecular flexibility index (Phi) is 2.74. The van der Waals surface area contributed by atoms with E-state index in [0.717, 1.165) is 5.56 Å². The summed E-state index contributed by atoms with van der Waals surface area (Å²) in [6, 6.07) is 5.51. The Bertz CT molecular complexity index is 250. The molecule has 0 aliphatic rings. The van der Waals surface area contributed by atoms with E-state index in [9.17, 15) is 0 Å². The molecule has 0 amide bonds. The van der Waals surface area contributed by atoms with Crippen LogP contribution >= 0.6 is 11.6 Å². The van der Waals surface area contributed by atoms with Crippen molar-refractivity contribution in [3.63, 3.8) is 0 Å². The number of methoxy groups -OCH3 is 1. The normalized spacial score (nSPS) is 10.0. The minimum Gasteiger partial charge on any atom is -0.397 e. The van der Waals surface area contributed by atoms with Crippen LogP contribution in [-0.4, -0.2) is 7.11 Å². The Hall–Kier alpha value is -0.730. The van der Waals surface area contributed by atoms with Crippen LogP contribution in [0.2, 0.25) is 5.02 Å². The van der Waals surface area contributed by atoms with Crippen molar-refractivity contribution in [1.29, 1.82) is 0 Å². The standard InChI is InChI=1S/C8H10ClNO/c1-11-5-6-3-2-4-7(9)8(6)10/h2-4H,5,10H2,1H3. The third-order valence-electron chi connectivity index (χ3n) is 1.44. The molecule has 0 aromatic heterocycles. The molecule has 0 spiro atoms. The van der Waals surface area contributed by atoms with E-state index in [1.165, 1.54) is 0 Å².